The zero-order valence-corrected chi connectivity index (χ0v) is 17.5. The second-order valence-electron chi connectivity index (χ2n) is 6.86. The number of halogens is 2. The molecule has 2 heterocycles. The smallest absolute Gasteiger partial charge is 0.277 e. The van der Waals surface area contributed by atoms with Crippen LogP contribution in [0, 0.1) is 12.8 Å². The van der Waals surface area contributed by atoms with Gasteiger partial charge in [0.15, 0.2) is 0 Å². The molecule has 1 aliphatic rings. The molecule has 0 radical (unpaired) electrons. The van der Waals surface area contributed by atoms with Gasteiger partial charge in [0.05, 0.1) is 16.1 Å². The molecule has 4 rings (SSSR count). The number of nitrogens with zero attached hydrogens (tertiary/aromatic N) is 2. The molecular weight excluding hydrogens is 425 g/mol. The van der Waals surface area contributed by atoms with Crippen LogP contribution in [0.3, 0.4) is 0 Å². The minimum Gasteiger partial charge on any atom is -0.360 e. The lowest BCUT2D eigenvalue weighted by Gasteiger charge is -2.14. The molecule has 2 aromatic carbocycles. The lowest BCUT2D eigenvalue weighted by Crippen LogP contribution is -2.25. The highest BCUT2D eigenvalue weighted by molar-refractivity contribution is 6.39. The van der Waals surface area contributed by atoms with Crippen LogP contribution >= 0.6 is 23.2 Å². The summed E-state index contributed by atoms with van der Waals surface area (Å²) in [5, 5.41) is 8.91. The van der Waals surface area contributed by atoms with Crippen LogP contribution in [-0.4, -0.2) is 23.8 Å². The Morgan fingerprint density at radius 3 is 2.67 bits per heavy atom. The zero-order chi connectivity index (χ0) is 21.1. The lowest BCUT2D eigenvalue weighted by atomic mass is 9.96. The van der Waals surface area contributed by atoms with Crippen molar-refractivity contribution in [2.45, 2.75) is 13.0 Å². The number of aromatic nitrogens is 1. The number of hydrogen-bond acceptors (Lipinski definition) is 6. The Bertz CT molecular complexity index is 1060. The molecule has 30 heavy (non-hydrogen) atoms. The minimum atomic E-state index is -0.453. The molecule has 0 spiro atoms. The number of hydrogen-bond donors (Lipinski definition) is 3. The minimum absolute atomic E-state index is 0.0571. The van der Waals surface area contributed by atoms with E-state index in [1.165, 1.54) is 0 Å². The van der Waals surface area contributed by atoms with Crippen LogP contribution in [-0.2, 0) is 0 Å². The van der Waals surface area contributed by atoms with E-state index in [0.29, 0.717) is 27.9 Å². The lowest BCUT2D eigenvalue weighted by molar-refractivity contribution is 0.0954. The van der Waals surface area contributed by atoms with Gasteiger partial charge in [-0.2, -0.15) is 5.10 Å². The first-order valence-corrected chi connectivity index (χ1v) is 10.1. The number of hydrazine groups is 1. The van der Waals surface area contributed by atoms with E-state index in [4.69, 9.17) is 27.7 Å². The third-order valence-electron chi connectivity index (χ3n) is 4.90. The topological polar surface area (TPSA) is 91.6 Å². The van der Waals surface area contributed by atoms with Gasteiger partial charge in [0.1, 0.15) is 17.0 Å². The van der Waals surface area contributed by atoms with Crippen LogP contribution in [0.15, 0.2) is 58.2 Å². The normalized spacial score (nSPS) is 18.8. The fourth-order valence-electron chi connectivity index (χ4n) is 3.42. The average molecular weight is 444 g/mol. The molecule has 154 valence electrons. The Morgan fingerprint density at radius 2 is 1.93 bits per heavy atom. The fourth-order valence-corrected chi connectivity index (χ4v) is 4.00. The van der Waals surface area contributed by atoms with E-state index < -0.39 is 5.91 Å². The van der Waals surface area contributed by atoms with Gasteiger partial charge in [-0.3, -0.25) is 10.2 Å². The molecular formula is C21H19Cl2N5O2. The van der Waals surface area contributed by atoms with Crippen LogP contribution in [0.4, 0.5) is 0 Å². The Labute approximate surface area is 183 Å². The van der Waals surface area contributed by atoms with Crippen molar-refractivity contribution < 1.29 is 9.32 Å². The van der Waals surface area contributed by atoms with E-state index in [-0.39, 0.29) is 23.2 Å². The van der Waals surface area contributed by atoms with Crippen molar-refractivity contribution in [1.29, 1.82) is 0 Å². The summed E-state index contributed by atoms with van der Waals surface area (Å²) < 4.78 is 5.24. The van der Waals surface area contributed by atoms with Crippen LogP contribution < -0.4 is 16.3 Å². The standard InChI is InChI=1S/C21H19Cl2N5O2/c1-12-17(20(28-30-12)18-15(22)8-5-9-16(18)23)21(29)27-25-11-14-10-24-26-19(14)13-6-3-2-4-7-13/h2-9,11,14,19,24,26H,10H2,1H3,(H,27,29)/b25-11+. The molecule has 3 aromatic rings. The number of carbonyl (C=O) groups is 1. The number of hydrazone groups is 1. The maximum atomic E-state index is 12.8. The molecule has 3 N–H and O–H groups in total. The summed E-state index contributed by atoms with van der Waals surface area (Å²) in [6.45, 7) is 2.34. The van der Waals surface area contributed by atoms with Gasteiger partial charge in [-0.1, -0.05) is 64.8 Å². The third-order valence-corrected chi connectivity index (χ3v) is 5.53. The number of nitrogens with one attached hydrogen (secondary N) is 3. The molecule has 0 saturated carbocycles. The van der Waals surface area contributed by atoms with Gasteiger partial charge >= 0.3 is 0 Å². The highest BCUT2D eigenvalue weighted by atomic mass is 35.5. The van der Waals surface area contributed by atoms with Gasteiger partial charge in [-0.05, 0) is 24.6 Å². The molecule has 1 fully saturated rings. The maximum absolute atomic E-state index is 12.8. The van der Waals surface area contributed by atoms with Gasteiger partial charge in [0, 0.05) is 24.2 Å². The monoisotopic (exact) mass is 443 g/mol. The quantitative estimate of drug-likeness (QED) is 0.407. The van der Waals surface area contributed by atoms with E-state index in [9.17, 15) is 4.79 Å². The third kappa shape index (κ3) is 4.11. The predicted molar refractivity (Wildman–Crippen MR) is 116 cm³/mol. The SMILES string of the molecule is Cc1onc(-c2c(Cl)cccc2Cl)c1C(=O)N/N=C/C1CNNC1c1ccccc1. The van der Waals surface area contributed by atoms with E-state index in [2.05, 4.69) is 26.5 Å². The summed E-state index contributed by atoms with van der Waals surface area (Å²) >= 11 is 12.5. The van der Waals surface area contributed by atoms with E-state index in [0.717, 1.165) is 5.56 Å². The van der Waals surface area contributed by atoms with Crippen molar-refractivity contribution >= 4 is 35.3 Å². The molecule has 1 amide bonds. The number of amides is 1. The van der Waals surface area contributed by atoms with Crippen molar-refractivity contribution in [2.24, 2.45) is 11.0 Å². The van der Waals surface area contributed by atoms with Gasteiger partial charge in [-0.15, -0.1) is 0 Å². The van der Waals surface area contributed by atoms with Crippen LogP contribution in [0.5, 0.6) is 0 Å². The van der Waals surface area contributed by atoms with Crippen molar-refractivity contribution in [3.8, 4) is 11.3 Å². The summed E-state index contributed by atoms with van der Waals surface area (Å²) in [5.41, 5.74) is 11.0. The predicted octanol–water partition coefficient (Wildman–Crippen LogP) is 4.14. The molecule has 1 aromatic heterocycles. The first-order chi connectivity index (χ1) is 14.6. The van der Waals surface area contributed by atoms with E-state index in [1.807, 2.05) is 30.3 Å². The fraction of sp³-hybridized carbons (Fsp3) is 0.190. The molecule has 0 aliphatic carbocycles. The highest BCUT2D eigenvalue weighted by Gasteiger charge is 2.27. The molecule has 0 bridgehead atoms. The van der Waals surface area contributed by atoms with Crippen molar-refractivity contribution in [2.75, 3.05) is 6.54 Å². The highest BCUT2D eigenvalue weighted by Crippen LogP contribution is 2.36. The summed E-state index contributed by atoms with van der Waals surface area (Å²) in [6, 6.07) is 15.2. The van der Waals surface area contributed by atoms with Crippen LogP contribution in [0.1, 0.15) is 27.7 Å². The Morgan fingerprint density at radius 1 is 1.20 bits per heavy atom. The Hall–Kier alpha value is -2.71. The summed E-state index contributed by atoms with van der Waals surface area (Å²) in [5.74, 6) is -0.0417. The largest absolute Gasteiger partial charge is 0.360 e. The van der Waals surface area contributed by atoms with Gasteiger partial charge < -0.3 is 4.52 Å². The van der Waals surface area contributed by atoms with Crippen molar-refractivity contribution in [3.05, 3.63) is 75.5 Å². The number of aryl methyl sites for hydroxylation is 1. The second kappa shape index (κ2) is 8.97. The van der Waals surface area contributed by atoms with Crippen molar-refractivity contribution in [3.63, 3.8) is 0 Å². The molecule has 9 heteroatoms. The number of rotatable bonds is 5. The molecule has 2 unspecified atom stereocenters. The maximum Gasteiger partial charge on any atom is 0.277 e. The summed E-state index contributed by atoms with van der Waals surface area (Å²) in [7, 11) is 0. The second-order valence-corrected chi connectivity index (χ2v) is 7.67. The van der Waals surface area contributed by atoms with Gasteiger partial charge in [0.2, 0.25) is 0 Å². The first kappa shape index (κ1) is 20.6. The molecule has 1 aliphatic heterocycles. The molecule has 7 nitrogen and oxygen atoms in total. The Balaban J connectivity index is 1.52. The van der Waals surface area contributed by atoms with Crippen LogP contribution in [0.2, 0.25) is 10.0 Å². The van der Waals surface area contributed by atoms with E-state index in [1.54, 1.807) is 31.3 Å². The Kier molecular flexibility index (Phi) is 6.15. The summed E-state index contributed by atoms with van der Waals surface area (Å²) in [4.78, 5) is 12.8. The zero-order valence-electron chi connectivity index (χ0n) is 16.0. The van der Waals surface area contributed by atoms with Gasteiger partial charge in [0.25, 0.3) is 5.91 Å². The summed E-state index contributed by atoms with van der Waals surface area (Å²) in [6.07, 6.45) is 1.72. The molecule has 1 saturated heterocycles. The van der Waals surface area contributed by atoms with Crippen LogP contribution in [0.25, 0.3) is 11.3 Å². The molecule has 2 atom stereocenters. The number of benzene rings is 2. The van der Waals surface area contributed by atoms with E-state index >= 15 is 0 Å². The number of carbonyl (C=O) groups excluding carboxylic acids is 1. The van der Waals surface area contributed by atoms with Crippen molar-refractivity contribution in [1.82, 2.24) is 21.4 Å². The first-order valence-electron chi connectivity index (χ1n) is 9.33. The van der Waals surface area contributed by atoms with Gasteiger partial charge in [-0.25, -0.2) is 10.9 Å². The average Bonchev–Trinajstić information content (AvgIpc) is 3.35.